The summed E-state index contributed by atoms with van der Waals surface area (Å²) in [7, 11) is 0. The molecule has 34 heavy (non-hydrogen) atoms. The zero-order valence-corrected chi connectivity index (χ0v) is 20.9. The van der Waals surface area contributed by atoms with Crippen LogP contribution in [0.25, 0.3) is 0 Å². The van der Waals surface area contributed by atoms with Crippen LogP contribution in [0.3, 0.4) is 0 Å². The summed E-state index contributed by atoms with van der Waals surface area (Å²) in [5.74, 6) is 1.27. The molecule has 0 radical (unpaired) electrons. The summed E-state index contributed by atoms with van der Waals surface area (Å²) in [6.07, 6.45) is 0.973. The van der Waals surface area contributed by atoms with Crippen LogP contribution in [0.2, 0.25) is 0 Å². The molecule has 0 N–H and O–H groups in total. The first kappa shape index (κ1) is 23.3. The van der Waals surface area contributed by atoms with Crippen molar-refractivity contribution in [1.82, 2.24) is 14.8 Å². The van der Waals surface area contributed by atoms with Crippen molar-refractivity contribution in [3.63, 3.8) is 0 Å². The second-order valence-corrected chi connectivity index (χ2v) is 10.9. The molecule has 1 atom stereocenters. The van der Waals surface area contributed by atoms with Crippen LogP contribution < -0.4 is 9.80 Å². The summed E-state index contributed by atoms with van der Waals surface area (Å²) in [4.78, 5) is 18.7. The highest BCUT2D eigenvalue weighted by atomic mass is 32.2. The highest BCUT2D eigenvalue weighted by Gasteiger charge is 2.26. The number of benzene rings is 2. The molecule has 1 fully saturated rings. The molecule has 1 saturated heterocycles. The number of rotatable bonds is 6. The van der Waals surface area contributed by atoms with Crippen molar-refractivity contribution in [3.05, 3.63) is 60.2 Å². The van der Waals surface area contributed by atoms with Gasteiger partial charge in [0.05, 0.1) is 31.2 Å². The number of thioether (sulfide) groups is 2. The van der Waals surface area contributed by atoms with Crippen LogP contribution in [-0.2, 0) is 16.1 Å². The van der Waals surface area contributed by atoms with E-state index < -0.39 is 0 Å². The maximum absolute atomic E-state index is 13.4. The second-order valence-electron chi connectivity index (χ2n) is 8.47. The predicted octanol–water partition coefficient (Wildman–Crippen LogP) is 4.17. The van der Waals surface area contributed by atoms with E-state index in [4.69, 9.17) is 4.74 Å². The van der Waals surface area contributed by atoms with Gasteiger partial charge in [0.25, 0.3) is 0 Å². The van der Waals surface area contributed by atoms with E-state index in [9.17, 15) is 4.79 Å². The summed E-state index contributed by atoms with van der Waals surface area (Å²) in [6, 6.07) is 18.5. The van der Waals surface area contributed by atoms with Crippen molar-refractivity contribution in [2.45, 2.75) is 35.2 Å². The van der Waals surface area contributed by atoms with E-state index in [-0.39, 0.29) is 5.91 Å². The van der Waals surface area contributed by atoms with Gasteiger partial charge in [-0.15, -0.1) is 22.0 Å². The van der Waals surface area contributed by atoms with Crippen LogP contribution in [0.4, 0.5) is 11.6 Å². The molecule has 0 aliphatic carbocycles. The Balaban J connectivity index is 1.36. The Morgan fingerprint density at radius 1 is 1.06 bits per heavy atom. The Hall–Kier alpha value is -2.49. The van der Waals surface area contributed by atoms with Crippen molar-refractivity contribution in [2.24, 2.45) is 0 Å². The van der Waals surface area contributed by atoms with Crippen LogP contribution in [0.15, 0.2) is 64.6 Å². The lowest BCUT2D eigenvalue weighted by molar-refractivity contribution is -0.116. The molecule has 3 aromatic rings. The van der Waals surface area contributed by atoms with Gasteiger partial charge in [0.2, 0.25) is 11.9 Å². The zero-order chi connectivity index (χ0) is 23.3. The number of carbonyl (C=O) groups is 1. The lowest BCUT2D eigenvalue weighted by atomic mass is 10.2. The van der Waals surface area contributed by atoms with E-state index in [0.29, 0.717) is 30.8 Å². The topological polar surface area (TPSA) is 63.5 Å². The minimum atomic E-state index is 0.106. The average Bonchev–Trinajstić information content (AvgIpc) is 3.18. The molecule has 1 amide bonds. The fourth-order valence-corrected chi connectivity index (χ4v) is 6.16. The van der Waals surface area contributed by atoms with Crippen LogP contribution in [-0.4, -0.2) is 64.5 Å². The average molecular weight is 496 g/mol. The van der Waals surface area contributed by atoms with E-state index in [1.165, 1.54) is 22.2 Å². The van der Waals surface area contributed by atoms with Gasteiger partial charge in [0.1, 0.15) is 0 Å². The number of hydrogen-bond acceptors (Lipinski definition) is 7. The second kappa shape index (κ2) is 10.8. The third-order valence-electron chi connectivity index (χ3n) is 6.04. The Bertz CT molecular complexity index is 1120. The number of amides is 1. The van der Waals surface area contributed by atoms with Crippen molar-refractivity contribution in [3.8, 4) is 0 Å². The number of morpholine rings is 1. The summed E-state index contributed by atoms with van der Waals surface area (Å²) >= 11 is 3.32. The Morgan fingerprint density at radius 2 is 1.82 bits per heavy atom. The number of anilines is 2. The Kier molecular flexibility index (Phi) is 7.42. The van der Waals surface area contributed by atoms with E-state index in [0.717, 1.165) is 42.8 Å². The van der Waals surface area contributed by atoms with Gasteiger partial charge in [-0.25, -0.2) is 0 Å². The van der Waals surface area contributed by atoms with Gasteiger partial charge in [-0.1, -0.05) is 61.2 Å². The predicted molar refractivity (Wildman–Crippen MR) is 138 cm³/mol. The van der Waals surface area contributed by atoms with Gasteiger partial charge < -0.3 is 14.5 Å². The first-order chi connectivity index (χ1) is 16.7. The quantitative estimate of drug-likeness (QED) is 0.476. The van der Waals surface area contributed by atoms with Crippen LogP contribution in [0.1, 0.15) is 18.9 Å². The maximum atomic E-state index is 13.4. The van der Waals surface area contributed by atoms with Gasteiger partial charge in [-0.2, -0.15) is 0 Å². The monoisotopic (exact) mass is 495 g/mol. The summed E-state index contributed by atoms with van der Waals surface area (Å²) in [6.45, 7) is 6.57. The van der Waals surface area contributed by atoms with E-state index >= 15 is 0 Å². The van der Waals surface area contributed by atoms with E-state index in [2.05, 4.69) is 50.9 Å². The fraction of sp³-hybridized carbons (Fsp3) is 0.400. The minimum absolute atomic E-state index is 0.106. The van der Waals surface area contributed by atoms with Crippen molar-refractivity contribution >= 4 is 41.1 Å². The molecule has 7 nitrogen and oxygen atoms in total. The highest BCUT2D eigenvalue weighted by Crippen LogP contribution is 2.37. The first-order valence-corrected chi connectivity index (χ1v) is 13.5. The number of hydrogen-bond donors (Lipinski definition) is 0. The third-order valence-corrected chi connectivity index (χ3v) is 8.23. The molecule has 9 heteroatoms. The first-order valence-electron chi connectivity index (χ1n) is 11.7. The van der Waals surface area contributed by atoms with Gasteiger partial charge in [0.15, 0.2) is 5.16 Å². The molecule has 2 aliphatic heterocycles. The molecule has 3 heterocycles. The summed E-state index contributed by atoms with van der Waals surface area (Å²) in [5.41, 5.74) is 2.19. The molecule has 0 bridgehead atoms. The molecule has 0 spiro atoms. The third kappa shape index (κ3) is 5.26. The normalized spacial score (nSPS) is 18.4. The maximum Gasteiger partial charge on any atom is 0.237 e. The number of fused-ring (bicyclic) bond motifs is 1. The Labute approximate surface area is 208 Å². The van der Waals surface area contributed by atoms with Gasteiger partial charge in [0, 0.05) is 29.8 Å². The van der Waals surface area contributed by atoms with Crippen molar-refractivity contribution in [2.75, 3.05) is 48.4 Å². The molecule has 2 aliphatic rings. The van der Waals surface area contributed by atoms with Crippen LogP contribution >= 0.6 is 23.5 Å². The molecular formula is C25H29N5O2S2. The number of carbonyl (C=O) groups excluding carboxylic acids is 1. The molecular weight excluding hydrogens is 466 g/mol. The SMILES string of the molecule is C[C@H]1CCN(C(=O)CSc2nnc(N3CCOCC3)n2Cc2ccccc2)c2ccccc2S1. The standard InChI is InChI=1S/C25H29N5O2S2/c1-19-11-12-29(21-9-5-6-10-22(21)34-19)23(31)18-33-25-27-26-24(28-13-15-32-16-14-28)30(25)17-20-7-3-2-4-8-20/h2-10,19H,11-18H2,1H3/t19-/m0/s1. The number of para-hydroxylation sites is 1. The number of aromatic nitrogens is 3. The molecule has 2 aromatic carbocycles. The molecule has 0 unspecified atom stereocenters. The molecule has 1 aromatic heterocycles. The largest absolute Gasteiger partial charge is 0.378 e. The fourth-order valence-electron chi connectivity index (χ4n) is 4.24. The summed E-state index contributed by atoms with van der Waals surface area (Å²) in [5, 5.41) is 10.3. The molecule has 5 rings (SSSR count). The van der Waals surface area contributed by atoms with Crippen molar-refractivity contribution in [1.29, 1.82) is 0 Å². The van der Waals surface area contributed by atoms with Crippen LogP contribution in [0, 0.1) is 0 Å². The smallest absolute Gasteiger partial charge is 0.237 e. The lowest BCUT2D eigenvalue weighted by Crippen LogP contribution is -2.38. The Morgan fingerprint density at radius 3 is 2.65 bits per heavy atom. The van der Waals surface area contributed by atoms with E-state index in [1.807, 2.05) is 47.0 Å². The van der Waals surface area contributed by atoms with E-state index in [1.54, 1.807) is 0 Å². The summed E-state index contributed by atoms with van der Waals surface area (Å²) < 4.78 is 7.65. The highest BCUT2D eigenvalue weighted by molar-refractivity contribution is 8.00. The van der Waals surface area contributed by atoms with Gasteiger partial charge in [-0.3, -0.25) is 9.36 Å². The minimum Gasteiger partial charge on any atom is -0.378 e. The molecule has 178 valence electrons. The van der Waals surface area contributed by atoms with Crippen molar-refractivity contribution < 1.29 is 9.53 Å². The number of nitrogens with zero attached hydrogens (tertiary/aromatic N) is 5. The zero-order valence-electron chi connectivity index (χ0n) is 19.3. The van der Waals surface area contributed by atoms with Gasteiger partial charge >= 0.3 is 0 Å². The molecule has 0 saturated carbocycles. The lowest BCUT2D eigenvalue weighted by Gasteiger charge is -2.28. The van der Waals surface area contributed by atoms with Crippen LogP contribution in [0.5, 0.6) is 0 Å². The van der Waals surface area contributed by atoms with Gasteiger partial charge in [-0.05, 0) is 24.1 Å². The number of ether oxygens (including phenoxy) is 1.